The van der Waals surface area contributed by atoms with Gasteiger partial charge in [0.2, 0.25) is 11.9 Å². The normalized spacial score (nSPS) is 14.3. The summed E-state index contributed by atoms with van der Waals surface area (Å²) >= 11 is 0. The molecule has 1 aromatic carbocycles. The minimum Gasteiger partial charge on any atom is -0.363 e. The number of nitrogens with zero attached hydrogens (tertiary/aromatic N) is 6. The zero-order chi connectivity index (χ0) is 31.3. The van der Waals surface area contributed by atoms with Gasteiger partial charge in [-0.2, -0.15) is 18.2 Å². The number of alkyl halides is 3. The van der Waals surface area contributed by atoms with E-state index in [2.05, 4.69) is 40.7 Å². The Kier molecular flexibility index (Phi) is 9.32. The highest BCUT2D eigenvalue weighted by Crippen LogP contribution is 2.29. The molecule has 1 unspecified atom stereocenters. The number of carbonyl (C=O) groups is 1. The van der Waals surface area contributed by atoms with Gasteiger partial charge in [0.15, 0.2) is 5.65 Å². The van der Waals surface area contributed by atoms with E-state index in [0.717, 1.165) is 40.2 Å². The highest BCUT2D eigenvalue weighted by Gasteiger charge is 2.29. The van der Waals surface area contributed by atoms with E-state index in [4.69, 9.17) is 4.98 Å². The van der Waals surface area contributed by atoms with Gasteiger partial charge in [0, 0.05) is 54.9 Å². The van der Waals surface area contributed by atoms with Gasteiger partial charge in [0.25, 0.3) is 0 Å². The minimum absolute atomic E-state index is 0.264. The van der Waals surface area contributed by atoms with Crippen molar-refractivity contribution >= 4 is 34.5 Å². The molecule has 3 aromatic heterocycles. The molecule has 0 radical (unpaired) electrons. The second kappa shape index (κ2) is 13.3. The van der Waals surface area contributed by atoms with Gasteiger partial charge in [-0.15, -0.1) is 5.10 Å². The summed E-state index contributed by atoms with van der Waals surface area (Å²) in [5, 5.41) is 7.86. The molecule has 4 aromatic rings. The Balaban J connectivity index is 1.26. The highest BCUT2D eigenvalue weighted by atomic mass is 19.4. The van der Waals surface area contributed by atoms with Crippen LogP contribution >= 0.6 is 0 Å². The van der Waals surface area contributed by atoms with Crippen molar-refractivity contribution in [3.8, 4) is 0 Å². The highest BCUT2D eigenvalue weighted by molar-refractivity contribution is 5.81. The SMILES string of the molecule is C=C(c1ccc(Nc2nc3c(C4=CCN(C(=O)CCC(F)(F)F)CC4)cccn3n2)cc1)N(Cc1ccccn1)C(C)CC. The van der Waals surface area contributed by atoms with Crippen molar-refractivity contribution in [3.63, 3.8) is 0 Å². The van der Waals surface area contributed by atoms with Crippen molar-refractivity contribution in [2.24, 2.45) is 0 Å². The predicted octanol–water partition coefficient (Wildman–Crippen LogP) is 7.10. The summed E-state index contributed by atoms with van der Waals surface area (Å²) in [7, 11) is 0. The Morgan fingerprint density at radius 1 is 1.14 bits per heavy atom. The maximum atomic E-state index is 12.5. The first kappa shape index (κ1) is 30.8. The second-order valence-electron chi connectivity index (χ2n) is 10.9. The molecule has 1 N–H and O–H groups in total. The smallest absolute Gasteiger partial charge is 0.363 e. The van der Waals surface area contributed by atoms with Crippen LogP contribution < -0.4 is 5.32 Å². The summed E-state index contributed by atoms with van der Waals surface area (Å²) in [6.45, 7) is 10.0. The second-order valence-corrected chi connectivity index (χ2v) is 10.9. The zero-order valence-electron chi connectivity index (χ0n) is 24.9. The first-order valence-electron chi connectivity index (χ1n) is 14.7. The molecule has 1 atom stereocenters. The van der Waals surface area contributed by atoms with Crippen molar-refractivity contribution in [3.05, 3.63) is 96.5 Å². The molecule has 0 fully saturated rings. The monoisotopic (exact) mass is 603 g/mol. The molecular weight excluding hydrogens is 567 g/mol. The number of rotatable bonds is 11. The van der Waals surface area contributed by atoms with Crippen molar-refractivity contribution < 1.29 is 18.0 Å². The summed E-state index contributed by atoms with van der Waals surface area (Å²) in [5.74, 6) is -0.0547. The largest absolute Gasteiger partial charge is 0.389 e. The number of hydrogen-bond acceptors (Lipinski definition) is 6. The number of hydrogen-bond donors (Lipinski definition) is 1. The van der Waals surface area contributed by atoms with Crippen LogP contribution in [0.1, 0.15) is 56.4 Å². The van der Waals surface area contributed by atoms with E-state index in [9.17, 15) is 18.0 Å². The summed E-state index contributed by atoms with van der Waals surface area (Å²) < 4.78 is 39.3. The van der Waals surface area contributed by atoms with Crippen LogP contribution in [0.25, 0.3) is 16.9 Å². The van der Waals surface area contributed by atoms with Crippen LogP contribution in [-0.4, -0.2) is 60.6 Å². The molecule has 0 aliphatic carbocycles. The fourth-order valence-corrected chi connectivity index (χ4v) is 5.20. The van der Waals surface area contributed by atoms with Gasteiger partial charge in [0.1, 0.15) is 0 Å². The Hall–Kier alpha value is -4.67. The average Bonchev–Trinajstić information content (AvgIpc) is 3.45. The van der Waals surface area contributed by atoms with Crippen molar-refractivity contribution in [1.29, 1.82) is 0 Å². The van der Waals surface area contributed by atoms with Crippen LogP contribution in [0.5, 0.6) is 0 Å². The van der Waals surface area contributed by atoms with Crippen LogP contribution in [0.4, 0.5) is 24.8 Å². The molecule has 1 aliphatic heterocycles. The standard InChI is InChI=1S/C33H36F3N7O/c1-4-23(2)42(22-28-8-5-6-18-37-28)24(3)25-10-12-27(13-11-25)38-32-39-31-29(9-7-19-43(31)40-32)26-15-20-41(21-16-26)30(44)14-17-33(34,35)36/h5-13,15,18-19,23H,3-4,14,16-17,20-22H2,1-2H3,(H,38,40). The summed E-state index contributed by atoms with van der Waals surface area (Å²) in [6.07, 6.45) is 1.02. The molecule has 0 bridgehead atoms. The van der Waals surface area contributed by atoms with E-state index < -0.39 is 24.9 Å². The number of amides is 1. The van der Waals surface area contributed by atoms with E-state index in [1.807, 2.05) is 66.9 Å². The van der Waals surface area contributed by atoms with Crippen molar-refractivity contribution in [1.82, 2.24) is 29.4 Å². The number of aromatic nitrogens is 4. The molecule has 5 rings (SSSR count). The lowest BCUT2D eigenvalue weighted by molar-refractivity contribution is -0.148. The van der Waals surface area contributed by atoms with Gasteiger partial charge in [0.05, 0.1) is 18.7 Å². The molecular formula is C33H36F3N7O. The summed E-state index contributed by atoms with van der Waals surface area (Å²) in [6, 6.07) is 18.0. The number of pyridine rings is 2. The Bertz CT molecular complexity index is 1630. The molecule has 0 spiro atoms. The third-order valence-electron chi connectivity index (χ3n) is 7.89. The van der Waals surface area contributed by atoms with Crippen LogP contribution in [0.3, 0.4) is 0 Å². The number of benzene rings is 1. The maximum Gasteiger partial charge on any atom is 0.389 e. The number of anilines is 2. The van der Waals surface area contributed by atoms with Gasteiger partial charge in [-0.1, -0.05) is 37.8 Å². The van der Waals surface area contributed by atoms with E-state index in [1.165, 1.54) is 4.90 Å². The molecule has 1 aliphatic rings. The molecule has 8 nitrogen and oxygen atoms in total. The summed E-state index contributed by atoms with van der Waals surface area (Å²) in [4.78, 5) is 25.2. The molecule has 0 saturated heterocycles. The maximum absolute atomic E-state index is 12.5. The molecule has 11 heteroatoms. The van der Waals surface area contributed by atoms with Gasteiger partial charge in [-0.05, 0) is 67.3 Å². The molecule has 230 valence electrons. The molecule has 1 amide bonds. The first-order chi connectivity index (χ1) is 21.1. The third-order valence-corrected chi connectivity index (χ3v) is 7.89. The van der Waals surface area contributed by atoms with Crippen molar-refractivity contribution in [2.45, 2.75) is 58.3 Å². The van der Waals surface area contributed by atoms with E-state index in [-0.39, 0.29) is 12.6 Å². The Morgan fingerprint density at radius 3 is 2.59 bits per heavy atom. The van der Waals surface area contributed by atoms with Crippen LogP contribution in [0.2, 0.25) is 0 Å². The Morgan fingerprint density at radius 2 is 1.93 bits per heavy atom. The Labute approximate surface area is 254 Å². The lowest BCUT2D eigenvalue weighted by atomic mass is 10.00. The fourth-order valence-electron chi connectivity index (χ4n) is 5.20. The topological polar surface area (TPSA) is 78.7 Å². The summed E-state index contributed by atoms with van der Waals surface area (Å²) in [5.41, 5.74) is 6.25. The molecule has 44 heavy (non-hydrogen) atoms. The number of nitrogens with one attached hydrogen (secondary N) is 1. The predicted molar refractivity (Wildman–Crippen MR) is 166 cm³/mol. The third kappa shape index (κ3) is 7.45. The van der Waals surface area contributed by atoms with Crippen LogP contribution in [0.15, 0.2) is 79.6 Å². The van der Waals surface area contributed by atoms with Gasteiger partial charge in [-0.25, -0.2) is 4.52 Å². The van der Waals surface area contributed by atoms with Crippen molar-refractivity contribution in [2.75, 3.05) is 18.4 Å². The fraction of sp³-hybridized carbons (Fsp3) is 0.333. The zero-order valence-corrected chi connectivity index (χ0v) is 24.9. The van der Waals surface area contributed by atoms with E-state index in [0.29, 0.717) is 31.1 Å². The van der Waals surface area contributed by atoms with Gasteiger partial charge in [-0.3, -0.25) is 9.78 Å². The average molecular weight is 604 g/mol. The molecule has 0 saturated carbocycles. The molecule has 4 heterocycles. The van der Waals surface area contributed by atoms with E-state index in [1.54, 1.807) is 10.7 Å². The van der Waals surface area contributed by atoms with E-state index >= 15 is 0 Å². The number of carbonyl (C=O) groups excluding carboxylic acids is 1. The minimum atomic E-state index is -4.34. The quantitative estimate of drug-likeness (QED) is 0.197. The lowest BCUT2D eigenvalue weighted by Crippen LogP contribution is -2.35. The lowest BCUT2D eigenvalue weighted by Gasteiger charge is -2.32. The number of fused-ring (bicyclic) bond motifs is 1. The first-order valence-corrected chi connectivity index (χ1v) is 14.7. The van der Waals surface area contributed by atoms with Crippen LogP contribution in [0, 0.1) is 0 Å². The van der Waals surface area contributed by atoms with Crippen LogP contribution in [-0.2, 0) is 11.3 Å². The number of halogens is 3. The van der Waals surface area contributed by atoms with Gasteiger partial charge < -0.3 is 15.1 Å². The van der Waals surface area contributed by atoms with Gasteiger partial charge >= 0.3 is 6.18 Å².